The topological polar surface area (TPSA) is 47.6 Å². The van der Waals surface area contributed by atoms with Crippen molar-refractivity contribution in [1.82, 2.24) is 0 Å². The third-order valence-corrected chi connectivity index (χ3v) is 4.80. The zero-order chi connectivity index (χ0) is 18.2. The number of amides is 1. The maximum atomic E-state index is 14.1. The molecule has 25 heavy (non-hydrogen) atoms. The summed E-state index contributed by atoms with van der Waals surface area (Å²) >= 11 is 0. The minimum Gasteiger partial charge on any atom is -0.399 e. The van der Waals surface area contributed by atoms with Gasteiger partial charge in [-0.15, -0.1) is 0 Å². The Morgan fingerprint density at radius 2 is 1.60 bits per heavy atom. The summed E-state index contributed by atoms with van der Waals surface area (Å²) in [6.07, 6.45) is 0. The van der Waals surface area contributed by atoms with Gasteiger partial charge in [0.25, 0.3) is 5.91 Å². The predicted molar refractivity (Wildman–Crippen MR) is 96.5 cm³/mol. The Balaban J connectivity index is 1.83. The monoisotopic (exact) mass is 341 g/mol. The van der Waals surface area contributed by atoms with E-state index in [2.05, 4.69) is 5.32 Å². The van der Waals surface area contributed by atoms with E-state index in [-0.39, 0.29) is 11.6 Å². The average Bonchev–Trinajstić information content (AvgIpc) is 2.78. The van der Waals surface area contributed by atoms with Gasteiger partial charge in [-0.25, -0.2) is 4.39 Å². The van der Waals surface area contributed by atoms with Crippen molar-refractivity contribution >= 4 is 24.2 Å². The summed E-state index contributed by atoms with van der Waals surface area (Å²) in [4.78, 5) is 12.3. The summed E-state index contributed by atoms with van der Waals surface area (Å²) in [7, 11) is -0.613. The maximum absolute atomic E-state index is 14.1. The molecule has 1 aliphatic heterocycles. The Bertz CT molecular complexity index is 777. The minimum absolute atomic E-state index is 0.0982. The van der Waals surface area contributed by atoms with Crippen molar-refractivity contribution in [3.8, 4) is 0 Å². The summed E-state index contributed by atoms with van der Waals surface area (Å²) in [5.74, 6) is -0.880. The van der Waals surface area contributed by atoms with Crippen LogP contribution in [0.25, 0.3) is 0 Å². The second kappa shape index (κ2) is 6.28. The number of hydrogen-bond acceptors (Lipinski definition) is 3. The molecule has 0 aliphatic carbocycles. The molecule has 0 aromatic heterocycles. The second-order valence-electron chi connectivity index (χ2n) is 7.15. The number of anilines is 1. The average molecular weight is 341 g/mol. The van der Waals surface area contributed by atoms with Crippen molar-refractivity contribution in [2.45, 2.75) is 38.9 Å². The van der Waals surface area contributed by atoms with E-state index in [1.807, 2.05) is 33.8 Å². The van der Waals surface area contributed by atoms with Crippen molar-refractivity contribution in [2.75, 3.05) is 5.32 Å². The zero-order valence-corrected chi connectivity index (χ0v) is 14.8. The molecule has 3 rings (SSSR count). The van der Waals surface area contributed by atoms with Gasteiger partial charge in [-0.1, -0.05) is 24.3 Å². The SMILES string of the molecule is CC1(C)OB(c2ccc(F)c(NC(=O)c3ccccc3)c2)OC1(C)C. The fraction of sp³-hybridized carbons (Fsp3) is 0.316. The number of rotatable bonds is 3. The van der Waals surface area contributed by atoms with E-state index >= 15 is 0 Å². The van der Waals surface area contributed by atoms with Crippen molar-refractivity contribution < 1.29 is 18.5 Å². The van der Waals surface area contributed by atoms with Gasteiger partial charge in [-0.3, -0.25) is 4.79 Å². The van der Waals surface area contributed by atoms with Crippen LogP contribution in [-0.4, -0.2) is 24.2 Å². The number of halogens is 1. The number of carbonyl (C=O) groups excluding carboxylic acids is 1. The van der Waals surface area contributed by atoms with Crippen LogP contribution in [0.3, 0.4) is 0 Å². The molecule has 1 aliphatic rings. The molecule has 0 spiro atoms. The highest BCUT2D eigenvalue weighted by Crippen LogP contribution is 2.36. The lowest BCUT2D eigenvalue weighted by Crippen LogP contribution is -2.41. The lowest BCUT2D eigenvalue weighted by atomic mass is 9.79. The molecule has 4 nitrogen and oxygen atoms in total. The molecule has 1 heterocycles. The van der Waals surface area contributed by atoms with Gasteiger partial charge in [-0.2, -0.15) is 0 Å². The Morgan fingerprint density at radius 1 is 1.00 bits per heavy atom. The van der Waals surface area contributed by atoms with Crippen LogP contribution < -0.4 is 10.8 Å². The van der Waals surface area contributed by atoms with Crippen LogP contribution in [0.5, 0.6) is 0 Å². The summed E-state index contributed by atoms with van der Waals surface area (Å²) in [6.45, 7) is 7.81. The van der Waals surface area contributed by atoms with Crippen LogP contribution in [0.15, 0.2) is 48.5 Å². The molecule has 0 unspecified atom stereocenters. The standard InChI is InChI=1S/C19H21BFNO3/c1-18(2)19(3,4)25-20(24-18)14-10-11-15(21)16(12-14)22-17(23)13-8-6-5-7-9-13/h5-12H,1-4H3,(H,22,23). The molecule has 0 atom stereocenters. The van der Waals surface area contributed by atoms with Gasteiger partial charge in [0.1, 0.15) is 5.82 Å². The first-order valence-electron chi connectivity index (χ1n) is 8.21. The van der Waals surface area contributed by atoms with E-state index in [0.29, 0.717) is 11.0 Å². The fourth-order valence-corrected chi connectivity index (χ4v) is 2.55. The lowest BCUT2D eigenvalue weighted by Gasteiger charge is -2.32. The molecule has 0 saturated carbocycles. The van der Waals surface area contributed by atoms with Crippen LogP contribution >= 0.6 is 0 Å². The lowest BCUT2D eigenvalue weighted by molar-refractivity contribution is 0.00578. The number of nitrogens with one attached hydrogen (secondary N) is 1. The molecule has 1 amide bonds. The molecule has 0 radical (unpaired) electrons. The molecule has 2 aromatic rings. The van der Waals surface area contributed by atoms with Gasteiger partial charge in [-0.05, 0) is 57.4 Å². The third-order valence-electron chi connectivity index (χ3n) is 4.80. The highest BCUT2D eigenvalue weighted by atomic mass is 19.1. The molecule has 2 aromatic carbocycles. The third kappa shape index (κ3) is 3.46. The number of benzene rings is 2. The first-order valence-corrected chi connectivity index (χ1v) is 8.21. The van der Waals surface area contributed by atoms with Gasteiger partial charge in [0.15, 0.2) is 0 Å². The van der Waals surface area contributed by atoms with Crippen molar-refractivity contribution in [1.29, 1.82) is 0 Å². The molecular weight excluding hydrogens is 320 g/mol. The Kier molecular flexibility index (Phi) is 4.43. The number of carbonyl (C=O) groups is 1. The summed E-state index contributed by atoms with van der Waals surface area (Å²) in [5.41, 5.74) is 0.242. The van der Waals surface area contributed by atoms with Gasteiger partial charge < -0.3 is 14.6 Å². The maximum Gasteiger partial charge on any atom is 0.494 e. The van der Waals surface area contributed by atoms with Gasteiger partial charge in [0.05, 0.1) is 16.9 Å². The van der Waals surface area contributed by atoms with E-state index < -0.39 is 24.1 Å². The molecule has 130 valence electrons. The van der Waals surface area contributed by atoms with Crippen molar-refractivity contribution in [2.24, 2.45) is 0 Å². The normalized spacial score (nSPS) is 18.2. The minimum atomic E-state index is -0.613. The molecule has 1 N–H and O–H groups in total. The van der Waals surface area contributed by atoms with Crippen molar-refractivity contribution in [3.05, 3.63) is 59.9 Å². The fourth-order valence-electron chi connectivity index (χ4n) is 2.55. The molecular formula is C19H21BFNO3. The van der Waals surface area contributed by atoms with Crippen LogP contribution in [0.1, 0.15) is 38.1 Å². The Morgan fingerprint density at radius 3 is 2.20 bits per heavy atom. The molecule has 1 fully saturated rings. The second-order valence-corrected chi connectivity index (χ2v) is 7.15. The summed E-state index contributed by atoms with van der Waals surface area (Å²) in [6, 6.07) is 13.1. The van der Waals surface area contributed by atoms with E-state index in [0.717, 1.165) is 0 Å². The van der Waals surface area contributed by atoms with E-state index in [1.165, 1.54) is 6.07 Å². The van der Waals surface area contributed by atoms with Gasteiger partial charge in [0, 0.05) is 5.56 Å². The van der Waals surface area contributed by atoms with Crippen LogP contribution in [0.4, 0.5) is 10.1 Å². The van der Waals surface area contributed by atoms with Crippen LogP contribution in [0, 0.1) is 5.82 Å². The van der Waals surface area contributed by atoms with Gasteiger partial charge >= 0.3 is 7.12 Å². The number of hydrogen-bond donors (Lipinski definition) is 1. The molecule has 1 saturated heterocycles. The predicted octanol–water partition coefficient (Wildman–Crippen LogP) is 3.38. The van der Waals surface area contributed by atoms with E-state index in [4.69, 9.17) is 9.31 Å². The van der Waals surface area contributed by atoms with Crippen LogP contribution in [0.2, 0.25) is 0 Å². The highest BCUT2D eigenvalue weighted by molar-refractivity contribution is 6.62. The quantitative estimate of drug-likeness (QED) is 0.871. The first kappa shape index (κ1) is 17.6. The highest BCUT2D eigenvalue weighted by Gasteiger charge is 2.51. The summed E-state index contributed by atoms with van der Waals surface area (Å²) < 4.78 is 26.1. The zero-order valence-electron chi connectivity index (χ0n) is 14.8. The summed E-state index contributed by atoms with van der Waals surface area (Å²) in [5, 5.41) is 2.61. The first-order chi connectivity index (χ1) is 11.7. The molecule has 6 heteroatoms. The van der Waals surface area contributed by atoms with Gasteiger partial charge in [0.2, 0.25) is 0 Å². The van der Waals surface area contributed by atoms with Crippen molar-refractivity contribution in [3.63, 3.8) is 0 Å². The van der Waals surface area contributed by atoms with E-state index in [9.17, 15) is 9.18 Å². The molecule has 0 bridgehead atoms. The Labute approximate surface area is 147 Å². The Hall–Kier alpha value is -2.18. The largest absolute Gasteiger partial charge is 0.494 e. The van der Waals surface area contributed by atoms with E-state index in [1.54, 1.807) is 36.4 Å². The smallest absolute Gasteiger partial charge is 0.399 e. The van der Waals surface area contributed by atoms with Crippen LogP contribution in [-0.2, 0) is 9.31 Å².